The van der Waals surface area contributed by atoms with Crippen LogP contribution in [0.1, 0.15) is 15.9 Å². The average Bonchev–Trinajstić information content (AvgIpc) is 2.21. The van der Waals surface area contributed by atoms with Crippen LogP contribution >= 0.6 is 0 Å². The Morgan fingerprint density at radius 3 is 2.50 bits per heavy atom. The molecule has 0 amide bonds. The Labute approximate surface area is 88.4 Å². The molecule has 0 aliphatic heterocycles. The van der Waals surface area contributed by atoms with Crippen molar-refractivity contribution < 1.29 is 27.9 Å². The summed E-state index contributed by atoms with van der Waals surface area (Å²) >= 11 is 0. The summed E-state index contributed by atoms with van der Waals surface area (Å²) in [6, 6.07) is 0.612. The van der Waals surface area contributed by atoms with E-state index in [9.17, 15) is 18.0 Å². The number of halogens is 3. The van der Waals surface area contributed by atoms with E-state index < -0.39 is 29.0 Å². The van der Waals surface area contributed by atoms with Gasteiger partial charge in [-0.1, -0.05) is 0 Å². The summed E-state index contributed by atoms with van der Waals surface area (Å²) in [4.78, 5) is 14.6. The zero-order valence-corrected chi connectivity index (χ0v) is 7.97. The zero-order chi connectivity index (χ0) is 12.3. The second-order valence-electron chi connectivity index (χ2n) is 2.95. The minimum absolute atomic E-state index is 0.137. The molecule has 1 aromatic rings. The highest BCUT2D eigenvalue weighted by atomic mass is 19.2. The maximum Gasteiger partial charge on any atom is 0.341 e. The molecule has 1 aromatic carbocycles. The van der Waals surface area contributed by atoms with Crippen LogP contribution in [-0.2, 0) is 11.3 Å². The molecule has 0 aliphatic rings. The number of carboxylic acid groups (broad SMARTS) is 1. The Bertz CT molecular complexity index is 423. The molecule has 0 fully saturated rings. The van der Waals surface area contributed by atoms with Crippen LogP contribution in [0.4, 0.5) is 13.2 Å². The van der Waals surface area contributed by atoms with Gasteiger partial charge in [0.15, 0.2) is 11.6 Å². The lowest BCUT2D eigenvalue weighted by Gasteiger charge is -2.06. The molecule has 0 radical (unpaired) electrons. The minimum atomic E-state index is -1.87. The predicted octanol–water partition coefficient (Wildman–Crippen LogP) is 1.23. The van der Waals surface area contributed by atoms with Crippen LogP contribution in [0.5, 0.6) is 0 Å². The fraction of sp³-hybridized carbons (Fsp3) is 0.222. The van der Waals surface area contributed by atoms with Crippen molar-refractivity contribution in [1.29, 1.82) is 0 Å². The summed E-state index contributed by atoms with van der Waals surface area (Å²) in [5.74, 6) is -1.65. The van der Waals surface area contributed by atoms with Crippen molar-refractivity contribution in [2.45, 2.75) is 6.42 Å². The summed E-state index contributed by atoms with van der Waals surface area (Å²) in [5.41, 5.74) is -1.64. The third-order valence-corrected chi connectivity index (χ3v) is 1.94. The number of carboxylic acids is 1. The fourth-order valence-electron chi connectivity index (χ4n) is 1.19. The van der Waals surface area contributed by atoms with Crippen molar-refractivity contribution >= 4 is 5.97 Å². The second kappa shape index (κ2) is 4.95. The maximum absolute atomic E-state index is 13.2. The van der Waals surface area contributed by atoms with Crippen LogP contribution in [0.25, 0.3) is 0 Å². The minimum Gasteiger partial charge on any atom is -0.477 e. The van der Waals surface area contributed by atoms with Gasteiger partial charge in [-0.05, 0) is 11.6 Å². The van der Waals surface area contributed by atoms with Crippen molar-refractivity contribution in [3.63, 3.8) is 0 Å². The lowest BCUT2D eigenvalue weighted by molar-refractivity contribution is 0.0685. The number of rotatable bonds is 4. The number of benzene rings is 1. The molecule has 7 heteroatoms. The topological polar surface area (TPSA) is 72.5 Å². The van der Waals surface area contributed by atoms with Gasteiger partial charge in [0.2, 0.25) is 0 Å². The van der Waals surface area contributed by atoms with Gasteiger partial charge in [-0.3, -0.25) is 0 Å². The van der Waals surface area contributed by atoms with E-state index >= 15 is 0 Å². The zero-order valence-electron chi connectivity index (χ0n) is 7.97. The van der Waals surface area contributed by atoms with Gasteiger partial charge in [0.1, 0.15) is 11.4 Å². The van der Waals surface area contributed by atoms with Gasteiger partial charge in [-0.25, -0.2) is 23.9 Å². The number of aromatic carboxylic acids is 1. The molecule has 4 nitrogen and oxygen atoms in total. The molecular weight excluding hydrogens is 227 g/mol. The van der Waals surface area contributed by atoms with E-state index in [1.165, 1.54) is 0 Å². The van der Waals surface area contributed by atoms with Gasteiger partial charge in [-0.2, -0.15) is 0 Å². The lowest BCUT2D eigenvalue weighted by Crippen LogP contribution is -2.11. The van der Waals surface area contributed by atoms with E-state index in [0.29, 0.717) is 6.07 Å². The molecule has 0 aliphatic carbocycles. The van der Waals surface area contributed by atoms with Crippen LogP contribution < -0.4 is 5.90 Å². The van der Waals surface area contributed by atoms with E-state index in [1.54, 1.807) is 0 Å². The van der Waals surface area contributed by atoms with Crippen molar-refractivity contribution in [2.24, 2.45) is 5.90 Å². The van der Waals surface area contributed by atoms with Gasteiger partial charge in [-0.15, -0.1) is 0 Å². The molecule has 0 spiro atoms. The van der Waals surface area contributed by atoms with E-state index in [2.05, 4.69) is 10.7 Å². The first-order valence-electron chi connectivity index (χ1n) is 4.20. The Balaban J connectivity index is 3.22. The third-order valence-electron chi connectivity index (χ3n) is 1.94. The largest absolute Gasteiger partial charge is 0.477 e. The smallest absolute Gasteiger partial charge is 0.341 e. The monoisotopic (exact) mass is 235 g/mol. The van der Waals surface area contributed by atoms with Gasteiger partial charge in [0, 0.05) is 6.42 Å². The van der Waals surface area contributed by atoms with Gasteiger partial charge in [0.05, 0.1) is 6.61 Å². The molecule has 0 bridgehead atoms. The first-order valence-corrected chi connectivity index (χ1v) is 4.20. The summed E-state index contributed by atoms with van der Waals surface area (Å²) in [7, 11) is 0. The standard InChI is InChI=1S/C9H8F3NO3/c10-5-3-4(1-2-16-13)7(11)8(12)6(5)9(14)15/h3H,1-2,13H2,(H,14,15). The Kier molecular flexibility index (Phi) is 3.86. The second-order valence-corrected chi connectivity index (χ2v) is 2.95. The average molecular weight is 235 g/mol. The van der Waals surface area contributed by atoms with E-state index in [1.807, 2.05) is 0 Å². The highest BCUT2D eigenvalue weighted by Gasteiger charge is 2.23. The molecule has 16 heavy (non-hydrogen) atoms. The fourth-order valence-corrected chi connectivity index (χ4v) is 1.19. The molecule has 1 rings (SSSR count). The summed E-state index contributed by atoms with van der Waals surface area (Å²) < 4.78 is 39.5. The summed E-state index contributed by atoms with van der Waals surface area (Å²) in [6.45, 7) is -0.137. The summed E-state index contributed by atoms with van der Waals surface area (Å²) in [5, 5.41) is 8.45. The van der Waals surface area contributed by atoms with Gasteiger partial charge < -0.3 is 9.94 Å². The van der Waals surface area contributed by atoms with Gasteiger partial charge >= 0.3 is 5.97 Å². The quantitative estimate of drug-likeness (QED) is 0.608. The Hall–Kier alpha value is -1.60. The van der Waals surface area contributed by atoms with Crippen LogP contribution in [0.15, 0.2) is 6.07 Å². The van der Waals surface area contributed by atoms with Crippen LogP contribution in [-0.4, -0.2) is 17.7 Å². The van der Waals surface area contributed by atoms with Crippen molar-refractivity contribution in [2.75, 3.05) is 6.61 Å². The highest BCUT2D eigenvalue weighted by molar-refractivity contribution is 5.88. The molecule has 88 valence electrons. The van der Waals surface area contributed by atoms with Crippen LogP contribution in [0, 0.1) is 17.5 Å². The van der Waals surface area contributed by atoms with Crippen LogP contribution in [0.3, 0.4) is 0 Å². The highest BCUT2D eigenvalue weighted by Crippen LogP contribution is 2.20. The molecular formula is C9H8F3NO3. The van der Waals surface area contributed by atoms with Crippen molar-refractivity contribution in [3.05, 3.63) is 34.6 Å². The van der Waals surface area contributed by atoms with Crippen LogP contribution in [0.2, 0.25) is 0 Å². The maximum atomic E-state index is 13.2. The van der Waals surface area contributed by atoms with Crippen molar-refractivity contribution in [3.8, 4) is 0 Å². The molecule has 3 N–H and O–H groups in total. The first-order chi connectivity index (χ1) is 7.49. The predicted molar refractivity (Wildman–Crippen MR) is 47.1 cm³/mol. The third kappa shape index (κ3) is 2.31. The normalized spacial score (nSPS) is 10.5. The molecule has 0 unspecified atom stereocenters. The lowest BCUT2D eigenvalue weighted by atomic mass is 10.1. The molecule has 0 saturated carbocycles. The number of nitrogens with two attached hydrogens (primary N) is 1. The SMILES string of the molecule is NOCCc1cc(F)c(C(=O)O)c(F)c1F. The molecule has 0 heterocycles. The number of hydrogen-bond acceptors (Lipinski definition) is 3. The number of hydrogen-bond donors (Lipinski definition) is 2. The molecule has 0 saturated heterocycles. The van der Waals surface area contributed by atoms with E-state index in [-0.39, 0.29) is 18.6 Å². The number of carbonyl (C=O) groups is 1. The van der Waals surface area contributed by atoms with Gasteiger partial charge in [0.25, 0.3) is 0 Å². The van der Waals surface area contributed by atoms with E-state index in [0.717, 1.165) is 0 Å². The molecule has 0 aromatic heterocycles. The first kappa shape index (κ1) is 12.5. The Morgan fingerprint density at radius 2 is 2.00 bits per heavy atom. The Morgan fingerprint density at radius 1 is 1.38 bits per heavy atom. The molecule has 0 atom stereocenters. The van der Waals surface area contributed by atoms with E-state index in [4.69, 9.17) is 5.11 Å². The van der Waals surface area contributed by atoms with Crippen molar-refractivity contribution in [1.82, 2.24) is 0 Å². The summed E-state index contributed by atoms with van der Waals surface area (Å²) in [6.07, 6.45) is -0.157.